The number of anilines is 1. The highest BCUT2D eigenvalue weighted by Crippen LogP contribution is 2.20. The average Bonchev–Trinajstić information content (AvgIpc) is 3.14. The first kappa shape index (κ1) is 22.1. The standard InChI is InChI=1S/C13H20N4O3S.2ClH/c1-20-7-4-14-9-11(18)17-6-2-3-10(17)12(19)16-13-15-5-8-21-13;;/h5,8,10,14H,2-4,6-7,9H2,1H3,(H,15,16,19);2*1H. The fourth-order valence-electron chi connectivity index (χ4n) is 2.28. The number of nitrogens with zero attached hydrogens (tertiary/aromatic N) is 2. The summed E-state index contributed by atoms with van der Waals surface area (Å²) in [6.45, 7) is 2.03. The van der Waals surface area contributed by atoms with Gasteiger partial charge in [0.05, 0.1) is 13.2 Å². The third-order valence-corrected chi connectivity index (χ3v) is 3.99. The number of carbonyl (C=O) groups is 2. The van der Waals surface area contributed by atoms with Crippen LogP contribution in [0, 0.1) is 0 Å². The van der Waals surface area contributed by atoms with Gasteiger partial charge >= 0.3 is 0 Å². The van der Waals surface area contributed by atoms with Gasteiger partial charge in [0.1, 0.15) is 6.04 Å². The fourth-order valence-corrected chi connectivity index (χ4v) is 2.81. The summed E-state index contributed by atoms with van der Waals surface area (Å²) < 4.78 is 4.91. The second kappa shape index (κ2) is 11.6. The molecule has 1 fully saturated rings. The molecule has 0 aromatic carbocycles. The number of carbonyl (C=O) groups excluding carboxylic acids is 2. The van der Waals surface area contributed by atoms with E-state index in [0.717, 1.165) is 6.42 Å². The van der Waals surface area contributed by atoms with Gasteiger partial charge in [-0.2, -0.15) is 0 Å². The quantitative estimate of drug-likeness (QED) is 0.688. The predicted molar refractivity (Wildman–Crippen MR) is 94.7 cm³/mol. The van der Waals surface area contributed by atoms with Crippen molar-refractivity contribution in [1.82, 2.24) is 15.2 Å². The summed E-state index contributed by atoms with van der Waals surface area (Å²) in [5.74, 6) is -0.212. The van der Waals surface area contributed by atoms with Crippen molar-refractivity contribution < 1.29 is 14.3 Å². The lowest BCUT2D eigenvalue weighted by Crippen LogP contribution is -2.46. The van der Waals surface area contributed by atoms with Crippen molar-refractivity contribution in [1.29, 1.82) is 0 Å². The van der Waals surface area contributed by atoms with Gasteiger partial charge in [0, 0.05) is 31.8 Å². The third-order valence-electron chi connectivity index (χ3n) is 3.30. The molecule has 0 aliphatic carbocycles. The summed E-state index contributed by atoms with van der Waals surface area (Å²) >= 11 is 1.37. The molecule has 132 valence electrons. The lowest BCUT2D eigenvalue weighted by Gasteiger charge is -2.23. The number of likely N-dealkylation sites (tertiary alicyclic amines) is 1. The normalized spacial score (nSPS) is 16.4. The number of ether oxygens (including phenoxy) is 1. The molecule has 2 rings (SSSR count). The summed E-state index contributed by atoms with van der Waals surface area (Å²) in [6, 6.07) is -0.398. The zero-order chi connectivity index (χ0) is 15.1. The first-order chi connectivity index (χ1) is 10.2. The smallest absolute Gasteiger partial charge is 0.248 e. The van der Waals surface area contributed by atoms with E-state index >= 15 is 0 Å². The highest BCUT2D eigenvalue weighted by molar-refractivity contribution is 7.13. The Labute approximate surface area is 152 Å². The monoisotopic (exact) mass is 384 g/mol. The van der Waals surface area contributed by atoms with Crippen LogP contribution in [-0.2, 0) is 14.3 Å². The number of aromatic nitrogens is 1. The molecule has 1 saturated heterocycles. The maximum atomic E-state index is 12.2. The van der Waals surface area contributed by atoms with Gasteiger partial charge in [-0.15, -0.1) is 36.2 Å². The Morgan fingerprint density at radius 2 is 2.26 bits per heavy atom. The van der Waals surface area contributed by atoms with Crippen LogP contribution in [0.5, 0.6) is 0 Å². The summed E-state index contributed by atoms with van der Waals surface area (Å²) in [4.78, 5) is 30.0. The van der Waals surface area contributed by atoms with Crippen LogP contribution < -0.4 is 10.6 Å². The molecule has 1 unspecified atom stereocenters. The summed E-state index contributed by atoms with van der Waals surface area (Å²) in [7, 11) is 1.61. The van der Waals surface area contributed by atoms with E-state index in [1.807, 2.05) is 0 Å². The fraction of sp³-hybridized carbons (Fsp3) is 0.615. The molecular formula is C13H22Cl2N4O3S. The molecule has 0 saturated carbocycles. The number of halogens is 2. The first-order valence-corrected chi connectivity index (χ1v) is 7.80. The number of hydrogen-bond acceptors (Lipinski definition) is 6. The molecule has 2 heterocycles. The minimum atomic E-state index is -0.398. The van der Waals surface area contributed by atoms with E-state index in [9.17, 15) is 9.59 Å². The molecule has 1 atom stereocenters. The van der Waals surface area contributed by atoms with E-state index in [0.29, 0.717) is 31.2 Å². The summed E-state index contributed by atoms with van der Waals surface area (Å²) in [5, 5.41) is 8.13. The molecule has 0 bridgehead atoms. The Morgan fingerprint density at radius 3 is 2.91 bits per heavy atom. The van der Waals surface area contributed by atoms with Gasteiger partial charge in [0.15, 0.2) is 5.13 Å². The van der Waals surface area contributed by atoms with Crippen molar-refractivity contribution in [3.8, 4) is 0 Å². The van der Waals surface area contributed by atoms with Gasteiger partial charge in [-0.25, -0.2) is 4.98 Å². The zero-order valence-electron chi connectivity index (χ0n) is 12.8. The number of amides is 2. The molecule has 1 aromatic rings. The minimum Gasteiger partial charge on any atom is -0.383 e. The van der Waals surface area contributed by atoms with E-state index in [2.05, 4.69) is 15.6 Å². The largest absolute Gasteiger partial charge is 0.383 e. The second-order valence-corrected chi connectivity index (χ2v) is 5.64. The van der Waals surface area contributed by atoms with Crippen LogP contribution in [0.4, 0.5) is 5.13 Å². The highest BCUT2D eigenvalue weighted by Gasteiger charge is 2.33. The Balaban J connectivity index is 0.00000242. The maximum absolute atomic E-state index is 12.2. The van der Waals surface area contributed by atoms with Gasteiger partial charge in [0.2, 0.25) is 11.8 Å². The molecule has 0 radical (unpaired) electrons. The third kappa shape index (κ3) is 6.60. The number of hydrogen-bond donors (Lipinski definition) is 2. The Morgan fingerprint density at radius 1 is 1.48 bits per heavy atom. The van der Waals surface area contributed by atoms with E-state index < -0.39 is 6.04 Å². The van der Waals surface area contributed by atoms with E-state index in [1.54, 1.807) is 23.6 Å². The molecule has 10 heteroatoms. The van der Waals surface area contributed by atoms with Crippen LogP contribution in [0.1, 0.15) is 12.8 Å². The van der Waals surface area contributed by atoms with Crippen LogP contribution in [0.15, 0.2) is 11.6 Å². The molecule has 2 amide bonds. The zero-order valence-corrected chi connectivity index (χ0v) is 15.3. The molecule has 0 spiro atoms. The SMILES string of the molecule is COCCNCC(=O)N1CCCC1C(=O)Nc1nccs1.Cl.Cl. The molecule has 1 aliphatic heterocycles. The van der Waals surface area contributed by atoms with E-state index in [1.165, 1.54) is 11.3 Å². The minimum absolute atomic E-state index is 0. The topological polar surface area (TPSA) is 83.6 Å². The lowest BCUT2D eigenvalue weighted by atomic mass is 10.2. The van der Waals surface area contributed by atoms with Crippen LogP contribution in [0.2, 0.25) is 0 Å². The van der Waals surface area contributed by atoms with Crippen molar-refractivity contribution in [2.24, 2.45) is 0 Å². The number of thiazole rings is 1. The molecule has 1 aromatic heterocycles. The van der Waals surface area contributed by atoms with Crippen LogP contribution in [0.25, 0.3) is 0 Å². The molecule has 2 N–H and O–H groups in total. The van der Waals surface area contributed by atoms with Gasteiger partial charge in [-0.1, -0.05) is 0 Å². The van der Waals surface area contributed by atoms with Crippen LogP contribution in [0.3, 0.4) is 0 Å². The van der Waals surface area contributed by atoms with Crippen molar-refractivity contribution in [3.63, 3.8) is 0 Å². The molecule has 1 aliphatic rings. The Bertz CT molecular complexity index is 476. The average molecular weight is 385 g/mol. The predicted octanol–water partition coefficient (Wildman–Crippen LogP) is 1.15. The van der Waals surface area contributed by atoms with Gasteiger partial charge in [0.25, 0.3) is 0 Å². The van der Waals surface area contributed by atoms with Crippen molar-refractivity contribution in [2.75, 3.05) is 38.7 Å². The number of nitrogens with one attached hydrogen (secondary N) is 2. The highest BCUT2D eigenvalue weighted by atomic mass is 35.5. The number of methoxy groups -OCH3 is 1. The first-order valence-electron chi connectivity index (χ1n) is 6.92. The maximum Gasteiger partial charge on any atom is 0.248 e. The van der Waals surface area contributed by atoms with Crippen molar-refractivity contribution >= 4 is 53.1 Å². The summed E-state index contributed by atoms with van der Waals surface area (Å²) in [6.07, 6.45) is 3.18. The lowest BCUT2D eigenvalue weighted by molar-refractivity contribution is -0.135. The Kier molecular flexibility index (Phi) is 11.1. The van der Waals surface area contributed by atoms with Gasteiger partial charge < -0.3 is 20.3 Å². The van der Waals surface area contributed by atoms with Crippen molar-refractivity contribution in [3.05, 3.63) is 11.6 Å². The molecular weight excluding hydrogens is 363 g/mol. The second-order valence-electron chi connectivity index (χ2n) is 4.74. The molecule has 7 nitrogen and oxygen atoms in total. The number of rotatable bonds is 7. The van der Waals surface area contributed by atoms with Crippen LogP contribution in [-0.4, -0.2) is 61.1 Å². The van der Waals surface area contributed by atoms with E-state index in [-0.39, 0.29) is 43.2 Å². The van der Waals surface area contributed by atoms with Crippen LogP contribution >= 0.6 is 36.2 Å². The van der Waals surface area contributed by atoms with Gasteiger partial charge in [-0.05, 0) is 12.8 Å². The van der Waals surface area contributed by atoms with Crippen molar-refractivity contribution in [2.45, 2.75) is 18.9 Å². The van der Waals surface area contributed by atoms with Gasteiger partial charge in [-0.3, -0.25) is 9.59 Å². The Hall–Kier alpha value is -0.930. The summed E-state index contributed by atoms with van der Waals surface area (Å²) in [5.41, 5.74) is 0. The van der Waals surface area contributed by atoms with E-state index in [4.69, 9.17) is 4.74 Å². The molecule has 23 heavy (non-hydrogen) atoms.